The van der Waals surface area contributed by atoms with Gasteiger partial charge in [0.25, 0.3) is 0 Å². The molecule has 0 saturated carbocycles. The number of phenols is 2. The van der Waals surface area contributed by atoms with Gasteiger partial charge in [0.15, 0.2) is 0 Å². The van der Waals surface area contributed by atoms with Crippen LogP contribution in [-0.2, 0) is 23.8 Å². The van der Waals surface area contributed by atoms with Gasteiger partial charge in [0.1, 0.15) is 28.5 Å². The predicted molar refractivity (Wildman–Crippen MR) is 288 cm³/mol. The van der Waals surface area contributed by atoms with Gasteiger partial charge in [-0.05, 0) is 162 Å². The molecule has 0 aromatic heterocycles. The molecule has 69 heavy (non-hydrogen) atoms. The lowest BCUT2D eigenvalue weighted by molar-refractivity contribution is -0.160. The molecule has 9 heteroatoms. The third-order valence-corrected chi connectivity index (χ3v) is 11.4. The highest BCUT2D eigenvalue weighted by molar-refractivity contribution is 5.72. The van der Waals surface area contributed by atoms with Gasteiger partial charge >= 0.3 is 18.1 Å². The molecule has 4 aromatic rings. The average Bonchev–Trinajstić information content (AvgIpc) is 3.33. The van der Waals surface area contributed by atoms with Crippen LogP contribution >= 0.6 is 0 Å². The Morgan fingerprint density at radius 3 is 0.957 bits per heavy atom. The number of carbonyl (C=O) groups is 3. The molecule has 0 heterocycles. The summed E-state index contributed by atoms with van der Waals surface area (Å²) in [5.74, 6) is 3.47. The van der Waals surface area contributed by atoms with Crippen LogP contribution in [0.15, 0.2) is 103 Å². The largest absolute Gasteiger partial charge is 0.513 e. The molecule has 0 fully saturated rings. The fourth-order valence-corrected chi connectivity index (χ4v) is 5.47. The second-order valence-corrected chi connectivity index (χ2v) is 19.6. The van der Waals surface area contributed by atoms with E-state index in [9.17, 15) is 14.4 Å². The lowest BCUT2D eigenvalue weighted by atomic mass is 9.99. The first kappa shape index (κ1) is 65.8. The van der Waals surface area contributed by atoms with E-state index in [0.717, 1.165) is 32.1 Å². The van der Waals surface area contributed by atoms with Gasteiger partial charge in [0.2, 0.25) is 0 Å². The van der Waals surface area contributed by atoms with E-state index in [-0.39, 0.29) is 35.0 Å². The molecular weight excluding hydrogens is 865 g/mol. The van der Waals surface area contributed by atoms with Crippen LogP contribution in [-0.4, -0.2) is 46.6 Å². The van der Waals surface area contributed by atoms with Crippen LogP contribution in [0.1, 0.15) is 209 Å². The molecule has 4 rings (SSSR count). The molecule has 6 atom stereocenters. The monoisotopic (exact) mass is 959 g/mol. The summed E-state index contributed by atoms with van der Waals surface area (Å²) in [4.78, 5) is 33.1. The summed E-state index contributed by atoms with van der Waals surface area (Å²) in [7, 11) is 1.29. The summed E-state index contributed by atoms with van der Waals surface area (Å²) >= 11 is 0. The van der Waals surface area contributed by atoms with Crippen LogP contribution < -0.4 is 4.74 Å². The molecule has 388 valence electrons. The van der Waals surface area contributed by atoms with Crippen molar-refractivity contribution >= 4 is 18.1 Å². The van der Waals surface area contributed by atoms with Crippen molar-refractivity contribution in [2.75, 3.05) is 7.11 Å². The number of phenolic OH excluding ortho intramolecular Hbond substituents is 2. The third kappa shape index (κ3) is 32.2. The molecular formula is C60H94O9. The topological polar surface area (TPSA) is 129 Å². The Kier molecular flexibility index (Phi) is 34.1. The second-order valence-electron chi connectivity index (χ2n) is 19.6. The maximum absolute atomic E-state index is 11.2. The summed E-state index contributed by atoms with van der Waals surface area (Å²) < 4.78 is 19.6. The van der Waals surface area contributed by atoms with E-state index in [1.165, 1.54) is 35.8 Å². The zero-order chi connectivity index (χ0) is 53.3. The SMILES string of the molecule is CCC(C)C(=O)OC(C)(C)C.CCC(C)C(=O)OC(C)(C)C.CCC(C)c1ccc(O)cc1.CCC(C)c1ccc(O)cc1.CCC(C)c1ccc(OC(=O)OC)cc1.CCC(C)c1ccccc1. The minimum absolute atomic E-state index is 0.0224. The number of methoxy groups -OCH3 is 1. The molecule has 0 aliphatic carbocycles. The quantitative estimate of drug-likeness (QED) is 0.0764. The van der Waals surface area contributed by atoms with E-state index in [2.05, 4.69) is 90.5 Å². The molecule has 0 aliphatic rings. The first-order chi connectivity index (χ1) is 32.2. The van der Waals surface area contributed by atoms with Crippen molar-refractivity contribution in [1.82, 2.24) is 0 Å². The van der Waals surface area contributed by atoms with Crippen molar-refractivity contribution in [2.24, 2.45) is 11.8 Å². The van der Waals surface area contributed by atoms with E-state index >= 15 is 0 Å². The highest BCUT2D eigenvalue weighted by Crippen LogP contribution is 2.23. The normalized spacial score (nSPS) is 13.1. The fraction of sp³-hybridized carbons (Fsp3) is 0.550. The van der Waals surface area contributed by atoms with Gasteiger partial charge in [-0.3, -0.25) is 9.59 Å². The van der Waals surface area contributed by atoms with Crippen molar-refractivity contribution in [3.8, 4) is 17.2 Å². The Morgan fingerprint density at radius 2 is 0.710 bits per heavy atom. The zero-order valence-corrected chi connectivity index (χ0v) is 46.3. The molecule has 0 spiro atoms. The molecule has 4 aromatic carbocycles. The average molecular weight is 959 g/mol. The Hall–Kier alpha value is -5.31. The standard InChI is InChI=1S/C12H16O3.2C10H14O.C10H14.2C9H18O2/c1-4-9(2)10-5-7-11(8-6-10)15-12(13)14-3;2*1-3-8(2)9-4-6-10(11)7-5-9;1-3-9(2)10-7-5-4-6-8-10;2*1-6-7(2)8(10)11-9(3,4)5/h5-9H,4H2,1-3H3;2*4-8,11H,3H2,1-2H3;4-9H,3H2,1-2H3;2*7H,6H2,1-5H3. The minimum Gasteiger partial charge on any atom is -0.508 e. The van der Waals surface area contributed by atoms with Crippen molar-refractivity contribution in [3.05, 3.63) is 125 Å². The van der Waals surface area contributed by atoms with Gasteiger partial charge in [-0.2, -0.15) is 0 Å². The van der Waals surface area contributed by atoms with Crippen LogP contribution in [0.4, 0.5) is 4.79 Å². The number of hydrogen-bond donors (Lipinski definition) is 2. The molecule has 0 aliphatic heterocycles. The van der Waals surface area contributed by atoms with Crippen LogP contribution in [0.5, 0.6) is 17.2 Å². The molecule has 2 N–H and O–H groups in total. The van der Waals surface area contributed by atoms with Gasteiger partial charge in [0.05, 0.1) is 18.9 Å². The number of hydrogen-bond acceptors (Lipinski definition) is 9. The molecule has 0 bridgehead atoms. The highest BCUT2D eigenvalue weighted by atomic mass is 16.7. The van der Waals surface area contributed by atoms with Crippen molar-refractivity contribution in [3.63, 3.8) is 0 Å². The summed E-state index contributed by atoms with van der Waals surface area (Å²) in [6.07, 6.45) is 5.60. The lowest BCUT2D eigenvalue weighted by Gasteiger charge is -2.21. The summed E-state index contributed by atoms with van der Waals surface area (Å²) in [6, 6.07) is 33.0. The second kappa shape index (κ2) is 35.8. The summed E-state index contributed by atoms with van der Waals surface area (Å²) in [6.45, 7) is 36.5. The van der Waals surface area contributed by atoms with E-state index in [1.54, 1.807) is 36.4 Å². The number of ether oxygens (including phenoxy) is 4. The molecule has 6 unspecified atom stereocenters. The van der Waals surface area contributed by atoms with Gasteiger partial charge in [-0.15, -0.1) is 0 Å². The number of benzene rings is 4. The predicted octanol–water partition coefficient (Wildman–Crippen LogP) is 17.1. The summed E-state index contributed by atoms with van der Waals surface area (Å²) in [5.41, 5.74) is 4.59. The van der Waals surface area contributed by atoms with E-state index in [4.69, 9.17) is 24.4 Å². The molecule has 9 nitrogen and oxygen atoms in total. The Bertz CT molecular complexity index is 1820. The number of carbonyl (C=O) groups excluding carboxylic acids is 3. The van der Waals surface area contributed by atoms with Gasteiger partial charge in [-0.25, -0.2) is 4.79 Å². The smallest absolute Gasteiger partial charge is 0.508 e. The van der Waals surface area contributed by atoms with Crippen LogP contribution in [0.25, 0.3) is 0 Å². The maximum Gasteiger partial charge on any atom is 0.513 e. The van der Waals surface area contributed by atoms with E-state index in [1.807, 2.05) is 106 Å². The van der Waals surface area contributed by atoms with E-state index in [0.29, 0.717) is 40.9 Å². The molecule has 0 saturated heterocycles. The highest BCUT2D eigenvalue weighted by Gasteiger charge is 2.21. The number of rotatable bonds is 13. The molecule has 0 radical (unpaired) electrons. The first-order valence-electron chi connectivity index (χ1n) is 25.2. The third-order valence-electron chi connectivity index (χ3n) is 11.4. The van der Waals surface area contributed by atoms with Crippen molar-refractivity contribution in [2.45, 2.75) is 198 Å². The Balaban J connectivity index is 0. The van der Waals surface area contributed by atoms with Crippen LogP contribution in [0.2, 0.25) is 0 Å². The molecule has 0 amide bonds. The maximum atomic E-state index is 11.2. The van der Waals surface area contributed by atoms with Crippen LogP contribution in [0, 0.1) is 11.8 Å². The summed E-state index contributed by atoms with van der Waals surface area (Å²) in [5, 5.41) is 18.0. The van der Waals surface area contributed by atoms with Crippen molar-refractivity contribution in [1.29, 1.82) is 0 Å². The van der Waals surface area contributed by atoms with Crippen LogP contribution in [0.3, 0.4) is 0 Å². The Labute approximate surface area is 419 Å². The first-order valence-corrected chi connectivity index (χ1v) is 25.2. The van der Waals surface area contributed by atoms with Gasteiger partial charge < -0.3 is 29.2 Å². The minimum atomic E-state index is -0.689. The number of aromatic hydroxyl groups is 2. The lowest BCUT2D eigenvalue weighted by Crippen LogP contribution is -2.27. The van der Waals surface area contributed by atoms with E-state index < -0.39 is 6.16 Å². The Morgan fingerprint density at radius 1 is 0.435 bits per heavy atom. The van der Waals surface area contributed by atoms with Gasteiger partial charge in [-0.1, -0.05) is 150 Å². The number of esters is 2. The fourth-order valence-electron chi connectivity index (χ4n) is 5.47. The van der Waals surface area contributed by atoms with Gasteiger partial charge in [0, 0.05) is 0 Å². The van der Waals surface area contributed by atoms with Crippen molar-refractivity contribution < 1.29 is 43.5 Å². The zero-order valence-electron chi connectivity index (χ0n) is 46.3.